The zero-order valence-corrected chi connectivity index (χ0v) is 12.4. The Kier molecular flexibility index (Phi) is 6.20. The van der Waals surface area contributed by atoms with Gasteiger partial charge in [0.1, 0.15) is 6.04 Å². The van der Waals surface area contributed by atoms with Gasteiger partial charge in [0.15, 0.2) is 0 Å². The summed E-state index contributed by atoms with van der Waals surface area (Å²) >= 11 is 0. The van der Waals surface area contributed by atoms with Crippen molar-refractivity contribution >= 4 is 5.97 Å². The fourth-order valence-corrected chi connectivity index (χ4v) is 2.16. The minimum Gasteiger partial charge on any atom is -0.465 e. The van der Waals surface area contributed by atoms with Crippen LogP contribution in [0.2, 0.25) is 0 Å². The van der Waals surface area contributed by atoms with Crippen LogP contribution >= 0.6 is 0 Å². The first kappa shape index (κ1) is 17.5. The number of hydrogen-bond acceptors (Lipinski definition) is 3. The van der Waals surface area contributed by atoms with E-state index >= 15 is 0 Å². The first-order valence-corrected chi connectivity index (χ1v) is 6.92. The van der Waals surface area contributed by atoms with Gasteiger partial charge in [0.25, 0.3) is 0 Å². The van der Waals surface area contributed by atoms with Gasteiger partial charge in [-0.25, -0.2) is 4.79 Å². The Labute approximate surface area is 122 Å². The summed E-state index contributed by atoms with van der Waals surface area (Å²) in [6, 6.07) is 3.98. The molecule has 118 valence electrons. The molecule has 0 aromatic heterocycles. The maximum Gasteiger partial charge on any atom is 0.416 e. The van der Waals surface area contributed by atoms with Crippen LogP contribution in [0.3, 0.4) is 0 Å². The number of rotatable bonds is 6. The van der Waals surface area contributed by atoms with Crippen LogP contribution in [-0.2, 0) is 15.7 Å². The average molecular weight is 303 g/mol. The van der Waals surface area contributed by atoms with E-state index in [1.165, 1.54) is 12.1 Å². The fourth-order valence-electron chi connectivity index (χ4n) is 2.16. The van der Waals surface area contributed by atoms with Gasteiger partial charge in [-0.1, -0.05) is 26.0 Å². The highest BCUT2D eigenvalue weighted by atomic mass is 19.4. The topological polar surface area (TPSA) is 29.5 Å². The van der Waals surface area contributed by atoms with E-state index in [1.807, 2.05) is 18.7 Å². The van der Waals surface area contributed by atoms with Crippen molar-refractivity contribution in [2.24, 2.45) is 0 Å². The Morgan fingerprint density at radius 3 is 2.05 bits per heavy atom. The molecule has 0 radical (unpaired) electrons. The molecular weight excluding hydrogens is 283 g/mol. The van der Waals surface area contributed by atoms with E-state index < -0.39 is 23.8 Å². The first-order valence-electron chi connectivity index (χ1n) is 6.92. The Morgan fingerprint density at radius 2 is 1.67 bits per heavy atom. The number of esters is 1. The smallest absolute Gasteiger partial charge is 0.416 e. The van der Waals surface area contributed by atoms with Gasteiger partial charge in [-0.05, 0) is 37.7 Å². The molecule has 0 aliphatic rings. The van der Waals surface area contributed by atoms with Crippen molar-refractivity contribution in [2.75, 3.05) is 19.7 Å². The number of ether oxygens (including phenoxy) is 1. The van der Waals surface area contributed by atoms with Gasteiger partial charge >= 0.3 is 12.1 Å². The third kappa shape index (κ3) is 4.46. The molecule has 0 saturated heterocycles. The average Bonchev–Trinajstić information content (AvgIpc) is 2.44. The van der Waals surface area contributed by atoms with E-state index in [0.29, 0.717) is 18.7 Å². The number of benzene rings is 1. The van der Waals surface area contributed by atoms with E-state index in [2.05, 4.69) is 0 Å². The number of halogens is 3. The number of carbonyl (C=O) groups is 1. The molecule has 0 amide bonds. The maximum atomic E-state index is 12.6. The quantitative estimate of drug-likeness (QED) is 0.751. The van der Waals surface area contributed by atoms with Crippen molar-refractivity contribution in [3.05, 3.63) is 35.4 Å². The van der Waals surface area contributed by atoms with Crippen LogP contribution in [-0.4, -0.2) is 30.6 Å². The van der Waals surface area contributed by atoms with Crippen LogP contribution in [0.25, 0.3) is 0 Å². The zero-order valence-electron chi connectivity index (χ0n) is 12.4. The van der Waals surface area contributed by atoms with E-state index in [-0.39, 0.29) is 6.61 Å². The van der Waals surface area contributed by atoms with Crippen molar-refractivity contribution in [3.63, 3.8) is 0 Å². The zero-order chi connectivity index (χ0) is 16.0. The van der Waals surface area contributed by atoms with Gasteiger partial charge in [-0.15, -0.1) is 0 Å². The van der Waals surface area contributed by atoms with Crippen LogP contribution in [0.4, 0.5) is 13.2 Å². The summed E-state index contributed by atoms with van der Waals surface area (Å²) in [6.07, 6.45) is -4.38. The molecule has 0 saturated carbocycles. The minimum absolute atomic E-state index is 0.233. The molecular formula is C15H20F3NO2. The Morgan fingerprint density at radius 1 is 1.14 bits per heavy atom. The second-order valence-corrected chi connectivity index (χ2v) is 4.50. The lowest BCUT2D eigenvalue weighted by atomic mass is 10.0. The monoisotopic (exact) mass is 303 g/mol. The van der Waals surface area contributed by atoms with Gasteiger partial charge in [-0.2, -0.15) is 13.2 Å². The van der Waals surface area contributed by atoms with E-state index in [4.69, 9.17) is 4.74 Å². The summed E-state index contributed by atoms with van der Waals surface area (Å²) < 4.78 is 42.8. The van der Waals surface area contributed by atoms with Crippen LogP contribution < -0.4 is 0 Å². The maximum absolute atomic E-state index is 12.6. The summed E-state index contributed by atoms with van der Waals surface area (Å²) in [4.78, 5) is 13.9. The summed E-state index contributed by atoms with van der Waals surface area (Å²) in [5.74, 6) is -0.444. The fraction of sp³-hybridized carbons (Fsp3) is 0.533. The van der Waals surface area contributed by atoms with Gasteiger partial charge in [0.2, 0.25) is 0 Å². The first-order chi connectivity index (χ1) is 9.85. The second kappa shape index (κ2) is 7.45. The predicted molar refractivity (Wildman–Crippen MR) is 73.7 cm³/mol. The Balaban J connectivity index is 3.11. The minimum atomic E-state index is -4.38. The third-order valence-electron chi connectivity index (χ3n) is 3.24. The molecule has 21 heavy (non-hydrogen) atoms. The van der Waals surface area contributed by atoms with Crippen molar-refractivity contribution in [2.45, 2.75) is 33.0 Å². The van der Waals surface area contributed by atoms with Gasteiger partial charge in [0.05, 0.1) is 12.2 Å². The number of hydrogen-bond donors (Lipinski definition) is 0. The van der Waals surface area contributed by atoms with Crippen molar-refractivity contribution in [1.82, 2.24) is 4.90 Å². The third-order valence-corrected chi connectivity index (χ3v) is 3.24. The molecule has 3 nitrogen and oxygen atoms in total. The molecule has 6 heteroatoms. The summed E-state index contributed by atoms with van der Waals surface area (Å²) in [7, 11) is 0. The van der Waals surface area contributed by atoms with Gasteiger partial charge in [-0.3, -0.25) is 4.90 Å². The van der Waals surface area contributed by atoms with Crippen LogP contribution in [0.5, 0.6) is 0 Å². The van der Waals surface area contributed by atoms with E-state index in [0.717, 1.165) is 12.1 Å². The van der Waals surface area contributed by atoms with Crippen molar-refractivity contribution < 1.29 is 22.7 Å². The SMILES string of the molecule is CCOC(=O)C(c1ccc(C(F)(F)F)cc1)N(CC)CC. The summed E-state index contributed by atoms with van der Waals surface area (Å²) in [5, 5.41) is 0. The van der Waals surface area contributed by atoms with Crippen molar-refractivity contribution in [1.29, 1.82) is 0 Å². The molecule has 1 aromatic carbocycles. The van der Waals surface area contributed by atoms with Crippen molar-refractivity contribution in [3.8, 4) is 0 Å². The summed E-state index contributed by atoms with van der Waals surface area (Å²) in [5.41, 5.74) is -0.224. The molecule has 1 atom stereocenters. The molecule has 0 aliphatic heterocycles. The molecule has 1 unspecified atom stereocenters. The lowest BCUT2D eigenvalue weighted by Crippen LogP contribution is -2.35. The molecule has 1 rings (SSSR count). The molecule has 0 aliphatic carbocycles. The van der Waals surface area contributed by atoms with E-state index in [1.54, 1.807) is 6.92 Å². The standard InChI is InChI=1S/C15H20F3NO2/c1-4-19(5-2)13(14(20)21-6-3)11-7-9-12(10-8-11)15(16,17)18/h7-10,13H,4-6H2,1-3H3. The normalized spacial score (nSPS) is 13.3. The predicted octanol–water partition coefficient (Wildman–Crippen LogP) is 3.65. The highest BCUT2D eigenvalue weighted by molar-refractivity contribution is 5.77. The van der Waals surface area contributed by atoms with Crippen LogP contribution in [0.1, 0.15) is 37.9 Å². The molecule has 0 heterocycles. The number of alkyl halides is 3. The molecule has 0 N–H and O–H groups in total. The largest absolute Gasteiger partial charge is 0.465 e. The van der Waals surface area contributed by atoms with E-state index in [9.17, 15) is 18.0 Å². The highest BCUT2D eigenvalue weighted by Gasteiger charge is 2.32. The lowest BCUT2D eigenvalue weighted by Gasteiger charge is -2.28. The highest BCUT2D eigenvalue weighted by Crippen LogP contribution is 2.31. The van der Waals surface area contributed by atoms with Gasteiger partial charge in [0, 0.05) is 0 Å². The van der Waals surface area contributed by atoms with Crippen LogP contribution in [0.15, 0.2) is 24.3 Å². The molecule has 1 aromatic rings. The number of likely N-dealkylation sites (N-methyl/N-ethyl adjacent to an activating group) is 1. The lowest BCUT2D eigenvalue weighted by molar-refractivity contribution is -0.149. The summed E-state index contributed by atoms with van der Waals surface area (Å²) in [6.45, 7) is 6.91. The number of nitrogens with zero attached hydrogens (tertiary/aromatic N) is 1. The molecule has 0 fully saturated rings. The number of carbonyl (C=O) groups excluding carboxylic acids is 1. The Bertz CT molecular complexity index is 453. The Hall–Kier alpha value is -1.56. The van der Waals surface area contributed by atoms with Crippen LogP contribution in [0, 0.1) is 0 Å². The molecule has 0 spiro atoms. The van der Waals surface area contributed by atoms with Gasteiger partial charge < -0.3 is 4.74 Å². The second-order valence-electron chi connectivity index (χ2n) is 4.50. The molecule has 0 bridgehead atoms.